The summed E-state index contributed by atoms with van der Waals surface area (Å²) in [5.41, 5.74) is 0. The van der Waals surface area contributed by atoms with Crippen molar-refractivity contribution in [1.82, 2.24) is 0 Å². The first kappa shape index (κ1) is 32.4. The summed E-state index contributed by atoms with van der Waals surface area (Å²) >= 11 is 0. The first-order valence-corrected chi connectivity index (χ1v) is 8.64. The van der Waals surface area contributed by atoms with E-state index < -0.39 is 0 Å². The van der Waals surface area contributed by atoms with Gasteiger partial charge in [-0.25, -0.2) is 0 Å². The minimum Gasteiger partial charge on any atom is -0.298 e. The number of aliphatic imine (C=N–C) groups is 1. The second kappa shape index (κ2) is 50.5. The Bertz CT molecular complexity index is 98.5. The van der Waals surface area contributed by atoms with Gasteiger partial charge in [-0.2, -0.15) is 0 Å². The summed E-state index contributed by atoms with van der Waals surface area (Å²) in [5.74, 6) is 0. The summed E-state index contributed by atoms with van der Waals surface area (Å²) in [6.07, 6.45) is 12.2. The maximum atomic E-state index is 4.04. The molecule has 0 saturated carbocycles. The molecule has 124 valence electrons. The summed E-state index contributed by atoms with van der Waals surface area (Å²) in [7, 11) is 0. The molecule has 0 rings (SSSR count). The van der Waals surface area contributed by atoms with Gasteiger partial charge in [0, 0.05) is 30.5 Å². The molecule has 0 aromatic carbocycles. The van der Waals surface area contributed by atoms with E-state index in [1.807, 2.05) is 13.1 Å². The standard InChI is InChI=1S/C6H13N.3C4H10.Sn/c1-3-5-6-7-4-2;3*1-3-4-2;/h6H,3-5H2,1-2H3;3*3-4H2,1-2H3;. The number of hydrogen-bond donors (Lipinski definition) is 0. The third kappa shape index (κ3) is 101. The Kier molecular flexibility index (Phi) is 81.8. The molecule has 0 aliphatic carbocycles. The second-order valence-electron chi connectivity index (χ2n) is 4.47. The van der Waals surface area contributed by atoms with Gasteiger partial charge in [0.1, 0.15) is 0 Å². The normalized spacial score (nSPS) is 8.20. The van der Waals surface area contributed by atoms with Crippen molar-refractivity contribution >= 4 is 30.1 Å². The fourth-order valence-electron chi connectivity index (χ4n) is 0.349. The van der Waals surface area contributed by atoms with Crippen LogP contribution in [0.1, 0.15) is 107 Å². The van der Waals surface area contributed by atoms with Gasteiger partial charge in [0.15, 0.2) is 0 Å². The Morgan fingerprint density at radius 1 is 0.550 bits per heavy atom. The fourth-order valence-corrected chi connectivity index (χ4v) is 0.349. The zero-order chi connectivity index (χ0) is 15.8. The van der Waals surface area contributed by atoms with E-state index in [-0.39, 0.29) is 23.9 Å². The number of unbranched alkanes of at least 4 members (excludes halogenated alkanes) is 4. The van der Waals surface area contributed by atoms with Gasteiger partial charge in [0.05, 0.1) is 0 Å². The first-order valence-electron chi connectivity index (χ1n) is 8.64. The third-order valence-corrected chi connectivity index (χ3v) is 2.23. The summed E-state index contributed by atoms with van der Waals surface area (Å²) in [5, 5.41) is 0. The van der Waals surface area contributed by atoms with Crippen LogP contribution in [0.4, 0.5) is 0 Å². The van der Waals surface area contributed by atoms with Crippen LogP contribution in [0.3, 0.4) is 0 Å². The Labute approximate surface area is 148 Å². The van der Waals surface area contributed by atoms with Gasteiger partial charge in [0.25, 0.3) is 0 Å². The minimum atomic E-state index is 0. The zero-order valence-electron chi connectivity index (χ0n) is 15.9. The molecule has 0 amide bonds. The van der Waals surface area contributed by atoms with Gasteiger partial charge in [-0.05, 0) is 19.6 Å². The zero-order valence-corrected chi connectivity index (χ0v) is 18.7. The van der Waals surface area contributed by atoms with Crippen molar-refractivity contribution in [2.24, 2.45) is 4.99 Å². The molecule has 20 heavy (non-hydrogen) atoms. The van der Waals surface area contributed by atoms with E-state index in [9.17, 15) is 0 Å². The Hall–Kier alpha value is 0.469. The molecule has 0 saturated heterocycles. The topological polar surface area (TPSA) is 12.4 Å². The van der Waals surface area contributed by atoms with Crippen molar-refractivity contribution in [3.05, 3.63) is 0 Å². The average molecular weight is 392 g/mol. The molecule has 0 unspecified atom stereocenters. The number of nitrogens with zero attached hydrogens (tertiary/aromatic N) is 1. The number of hydrogen-bond acceptors (Lipinski definition) is 1. The van der Waals surface area contributed by atoms with E-state index >= 15 is 0 Å². The Morgan fingerprint density at radius 3 is 1.00 bits per heavy atom. The molecule has 0 aromatic rings. The van der Waals surface area contributed by atoms with Gasteiger partial charge in [-0.15, -0.1) is 0 Å². The molecule has 0 aliphatic heterocycles. The summed E-state index contributed by atoms with van der Waals surface area (Å²) < 4.78 is 0. The predicted octanol–water partition coefficient (Wildman–Crippen LogP) is 6.92. The minimum absolute atomic E-state index is 0. The van der Waals surface area contributed by atoms with Gasteiger partial charge >= 0.3 is 0 Å². The van der Waals surface area contributed by atoms with Crippen molar-refractivity contribution in [3.63, 3.8) is 0 Å². The quantitative estimate of drug-likeness (QED) is 0.344. The first-order chi connectivity index (χ1) is 9.16. The molecule has 1 nitrogen and oxygen atoms in total. The van der Waals surface area contributed by atoms with Crippen LogP contribution in [0.15, 0.2) is 4.99 Å². The van der Waals surface area contributed by atoms with Crippen LogP contribution in [0.25, 0.3) is 0 Å². The molecule has 2 heteroatoms. The van der Waals surface area contributed by atoms with E-state index in [0.717, 1.165) is 13.0 Å². The van der Waals surface area contributed by atoms with Gasteiger partial charge in [-0.1, -0.05) is 93.4 Å². The van der Waals surface area contributed by atoms with Crippen LogP contribution in [-0.2, 0) is 0 Å². The van der Waals surface area contributed by atoms with Crippen molar-refractivity contribution in [2.75, 3.05) is 6.54 Å². The van der Waals surface area contributed by atoms with Gasteiger partial charge < -0.3 is 0 Å². The molecule has 0 atom stereocenters. The SMILES string of the molecule is CCCC.CCCC.CCCC.CCCC=NCC.[Sn]. The summed E-state index contributed by atoms with van der Waals surface area (Å²) in [6, 6.07) is 0. The summed E-state index contributed by atoms with van der Waals surface area (Å²) in [6.45, 7) is 18.2. The average Bonchev–Trinajstić information content (AvgIpc) is 2.48. The summed E-state index contributed by atoms with van der Waals surface area (Å²) in [4.78, 5) is 4.04. The third-order valence-electron chi connectivity index (χ3n) is 2.23. The van der Waals surface area contributed by atoms with Crippen molar-refractivity contribution in [3.8, 4) is 0 Å². The molecule has 0 aromatic heterocycles. The largest absolute Gasteiger partial charge is 0.298 e. The van der Waals surface area contributed by atoms with Gasteiger partial charge in [-0.3, -0.25) is 4.99 Å². The Balaban J connectivity index is -0.0000000512. The molecule has 0 spiro atoms. The molecular formula is C18H43NSn. The molecular weight excluding hydrogens is 349 g/mol. The smallest absolute Gasteiger partial charge is 0.0357 e. The van der Waals surface area contributed by atoms with Crippen molar-refractivity contribution in [2.45, 2.75) is 107 Å². The van der Waals surface area contributed by atoms with Crippen LogP contribution in [-0.4, -0.2) is 36.7 Å². The molecule has 0 fully saturated rings. The van der Waals surface area contributed by atoms with E-state index in [2.05, 4.69) is 53.5 Å². The molecule has 0 N–H and O–H groups in total. The molecule has 0 aliphatic rings. The van der Waals surface area contributed by atoms with E-state index in [1.54, 1.807) is 0 Å². The van der Waals surface area contributed by atoms with Crippen molar-refractivity contribution in [1.29, 1.82) is 0 Å². The monoisotopic (exact) mass is 393 g/mol. The van der Waals surface area contributed by atoms with E-state index in [4.69, 9.17) is 0 Å². The van der Waals surface area contributed by atoms with Crippen LogP contribution in [0.5, 0.6) is 0 Å². The van der Waals surface area contributed by atoms with Crippen LogP contribution in [0, 0.1) is 0 Å². The van der Waals surface area contributed by atoms with Crippen LogP contribution >= 0.6 is 0 Å². The van der Waals surface area contributed by atoms with Crippen molar-refractivity contribution < 1.29 is 0 Å². The van der Waals surface area contributed by atoms with E-state index in [0.29, 0.717) is 0 Å². The molecule has 4 radical (unpaired) electrons. The predicted molar refractivity (Wildman–Crippen MR) is 101 cm³/mol. The molecule has 0 heterocycles. The maximum Gasteiger partial charge on any atom is 0.0357 e. The number of rotatable bonds is 6. The Morgan fingerprint density at radius 2 is 0.850 bits per heavy atom. The van der Waals surface area contributed by atoms with Crippen LogP contribution in [0.2, 0.25) is 0 Å². The van der Waals surface area contributed by atoms with Crippen LogP contribution < -0.4 is 0 Å². The van der Waals surface area contributed by atoms with E-state index in [1.165, 1.54) is 44.9 Å². The maximum absolute atomic E-state index is 4.04. The second-order valence-corrected chi connectivity index (χ2v) is 4.47. The van der Waals surface area contributed by atoms with Gasteiger partial charge in [0.2, 0.25) is 0 Å². The molecule has 0 bridgehead atoms. The fraction of sp³-hybridized carbons (Fsp3) is 0.944.